The van der Waals surface area contributed by atoms with Crippen molar-refractivity contribution in [1.29, 1.82) is 0 Å². The molecule has 0 saturated carbocycles. The van der Waals surface area contributed by atoms with Crippen LogP contribution in [0.5, 0.6) is 5.75 Å². The van der Waals surface area contributed by atoms with Crippen LogP contribution in [-0.4, -0.2) is 34.2 Å². The van der Waals surface area contributed by atoms with Gasteiger partial charge in [-0.15, -0.1) is 0 Å². The minimum atomic E-state index is -1.11. The molecule has 2 aromatic rings. The van der Waals surface area contributed by atoms with E-state index in [0.717, 1.165) is 11.3 Å². The number of benzene rings is 1. The Morgan fingerprint density at radius 2 is 2.15 bits per heavy atom. The molecule has 0 unspecified atom stereocenters. The van der Waals surface area contributed by atoms with Gasteiger partial charge < -0.3 is 15.2 Å². The maximum Gasteiger partial charge on any atom is 0.358 e. The molecular formula is C14H15N3O3. The number of hydrogen-bond acceptors (Lipinski definition) is 5. The van der Waals surface area contributed by atoms with E-state index in [0.29, 0.717) is 13.2 Å². The first kappa shape index (κ1) is 13.8. The van der Waals surface area contributed by atoms with Crippen LogP contribution in [0, 0.1) is 6.92 Å². The van der Waals surface area contributed by atoms with Crippen molar-refractivity contribution in [2.45, 2.75) is 6.92 Å². The molecule has 0 atom stereocenters. The molecule has 1 aromatic carbocycles. The van der Waals surface area contributed by atoms with E-state index in [2.05, 4.69) is 15.3 Å². The number of nitrogens with zero attached hydrogens (tertiary/aromatic N) is 2. The first-order valence-electron chi connectivity index (χ1n) is 6.14. The summed E-state index contributed by atoms with van der Waals surface area (Å²) in [6.07, 6.45) is 2.79. The van der Waals surface area contributed by atoms with Gasteiger partial charge in [-0.1, -0.05) is 12.1 Å². The van der Waals surface area contributed by atoms with E-state index < -0.39 is 5.97 Å². The molecule has 104 valence electrons. The smallest absolute Gasteiger partial charge is 0.358 e. The molecule has 1 heterocycles. The molecule has 2 rings (SSSR count). The second kappa shape index (κ2) is 6.51. The van der Waals surface area contributed by atoms with Crippen LogP contribution in [-0.2, 0) is 0 Å². The molecule has 0 aliphatic carbocycles. The van der Waals surface area contributed by atoms with Gasteiger partial charge in [0.1, 0.15) is 12.4 Å². The predicted octanol–water partition coefficient (Wildman–Crippen LogP) is 1.97. The zero-order chi connectivity index (χ0) is 14.4. The van der Waals surface area contributed by atoms with E-state index in [9.17, 15) is 4.79 Å². The number of aryl methyl sites for hydroxylation is 1. The maximum absolute atomic E-state index is 10.9. The molecule has 6 heteroatoms. The molecule has 0 radical (unpaired) electrons. The first-order chi connectivity index (χ1) is 9.66. The van der Waals surface area contributed by atoms with Crippen molar-refractivity contribution in [3.8, 4) is 5.75 Å². The van der Waals surface area contributed by atoms with E-state index in [1.807, 2.05) is 31.2 Å². The molecule has 1 aromatic heterocycles. The van der Waals surface area contributed by atoms with Gasteiger partial charge >= 0.3 is 5.97 Å². The number of rotatable bonds is 6. The van der Waals surface area contributed by atoms with E-state index >= 15 is 0 Å². The third-order valence-corrected chi connectivity index (χ3v) is 2.55. The zero-order valence-electron chi connectivity index (χ0n) is 11.0. The summed E-state index contributed by atoms with van der Waals surface area (Å²) in [6.45, 7) is 2.83. The summed E-state index contributed by atoms with van der Waals surface area (Å²) in [5, 5.41) is 11.9. The number of aromatic nitrogens is 2. The summed E-state index contributed by atoms with van der Waals surface area (Å²) in [7, 11) is 0. The van der Waals surface area contributed by atoms with Gasteiger partial charge in [0, 0.05) is 12.4 Å². The van der Waals surface area contributed by atoms with Crippen LogP contribution < -0.4 is 10.1 Å². The van der Waals surface area contributed by atoms with Crippen LogP contribution in [0.2, 0.25) is 0 Å². The molecule has 0 saturated heterocycles. The van der Waals surface area contributed by atoms with Gasteiger partial charge in [0.15, 0.2) is 11.5 Å². The molecule has 0 aliphatic rings. The number of anilines is 1. The lowest BCUT2D eigenvalue weighted by Crippen LogP contribution is -2.15. The van der Waals surface area contributed by atoms with Gasteiger partial charge in [0.05, 0.1) is 6.54 Å². The Morgan fingerprint density at radius 3 is 2.90 bits per heavy atom. The Balaban J connectivity index is 1.86. The van der Waals surface area contributed by atoms with E-state index in [4.69, 9.17) is 9.84 Å². The zero-order valence-corrected chi connectivity index (χ0v) is 11.0. The highest BCUT2D eigenvalue weighted by atomic mass is 16.5. The topological polar surface area (TPSA) is 84.3 Å². The van der Waals surface area contributed by atoms with E-state index in [1.165, 1.54) is 12.4 Å². The molecule has 0 bridgehead atoms. The third-order valence-electron chi connectivity index (χ3n) is 2.55. The highest BCUT2D eigenvalue weighted by Crippen LogP contribution is 2.12. The molecule has 0 fully saturated rings. The third kappa shape index (κ3) is 3.68. The lowest BCUT2D eigenvalue weighted by molar-refractivity contribution is 0.0691. The summed E-state index contributed by atoms with van der Waals surface area (Å²) in [6, 6.07) is 7.72. The lowest BCUT2D eigenvalue weighted by Gasteiger charge is -2.09. The number of carboxylic acid groups (broad SMARTS) is 1. The highest BCUT2D eigenvalue weighted by Gasteiger charge is 2.11. The number of nitrogens with one attached hydrogen (secondary N) is 1. The minimum Gasteiger partial charge on any atom is -0.492 e. The van der Waals surface area contributed by atoms with Gasteiger partial charge in [-0.25, -0.2) is 14.8 Å². The summed E-state index contributed by atoms with van der Waals surface area (Å²) in [5.74, 6) is -0.0857. The number of carbonyl (C=O) groups is 1. The average molecular weight is 273 g/mol. The Labute approximate surface area is 116 Å². The van der Waals surface area contributed by atoms with Crippen LogP contribution >= 0.6 is 0 Å². The Kier molecular flexibility index (Phi) is 4.49. The molecule has 0 spiro atoms. The van der Waals surface area contributed by atoms with Crippen molar-refractivity contribution in [1.82, 2.24) is 9.97 Å². The monoisotopic (exact) mass is 273 g/mol. The minimum absolute atomic E-state index is 0.0944. The molecule has 0 aliphatic heterocycles. The summed E-state index contributed by atoms with van der Waals surface area (Å²) >= 11 is 0. The van der Waals surface area contributed by atoms with Gasteiger partial charge in [-0.2, -0.15) is 0 Å². The molecule has 6 nitrogen and oxygen atoms in total. The van der Waals surface area contributed by atoms with Crippen LogP contribution in [0.25, 0.3) is 0 Å². The van der Waals surface area contributed by atoms with E-state index in [-0.39, 0.29) is 11.5 Å². The largest absolute Gasteiger partial charge is 0.492 e. The van der Waals surface area contributed by atoms with Crippen molar-refractivity contribution in [3.05, 3.63) is 47.9 Å². The van der Waals surface area contributed by atoms with Crippen LogP contribution in [0.1, 0.15) is 16.1 Å². The van der Waals surface area contributed by atoms with Crippen molar-refractivity contribution < 1.29 is 14.6 Å². The maximum atomic E-state index is 10.9. The molecule has 2 N–H and O–H groups in total. The SMILES string of the molecule is Cc1cccc(OCCNc2nccnc2C(=O)O)c1. The summed E-state index contributed by atoms with van der Waals surface area (Å²) < 4.78 is 5.55. The Hall–Kier alpha value is -2.63. The Morgan fingerprint density at radius 1 is 1.35 bits per heavy atom. The summed E-state index contributed by atoms with van der Waals surface area (Å²) in [5.41, 5.74) is 1.03. The number of carboxylic acids is 1. The second-order valence-corrected chi connectivity index (χ2v) is 4.15. The normalized spacial score (nSPS) is 10.1. The van der Waals surface area contributed by atoms with Crippen LogP contribution in [0.4, 0.5) is 5.82 Å². The number of aromatic carboxylic acids is 1. The number of ether oxygens (including phenoxy) is 1. The van der Waals surface area contributed by atoms with Crippen molar-refractivity contribution in [3.63, 3.8) is 0 Å². The second-order valence-electron chi connectivity index (χ2n) is 4.15. The standard InChI is InChI=1S/C14H15N3O3/c1-10-3-2-4-11(9-10)20-8-7-17-13-12(14(18)19)15-5-6-16-13/h2-6,9H,7-8H2,1H3,(H,16,17)(H,18,19). The number of hydrogen-bond donors (Lipinski definition) is 2. The van der Waals surface area contributed by atoms with Gasteiger partial charge in [-0.05, 0) is 24.6 Å². The summed E-state index contributed by atoms with van der Waals surface area (Å²) in [4.78, 5) is 18.6. The molecular weight excluding hydrogens is 258 g/mol. The Bertz CT molecular complexity index is 602. The average Bonchev–Trinajstić information content (AvgIpc) is 2.44. The van der Waals surface area contributed by atoms with Gasteiger partial charge in [0.25, 0.3) is 0 Å². The highest BCUT2D eigenvalue weighted by molar-refractivity contribution is 5.90. The first-order valence-corrected chi connectivity index (χ1v) is 6.14. The van der Waals surface area contributed by atoms with Crippen LogP contribution in [0.3, 0.4) is 0 Å². The lowest BCUT2D eigenvalue weighted by atomic mass is 10.2. The van der Waals surface area contributed by atoms with Gasteiger partial charge in [-0.3, -0.25) is 0 Å². The van der Waals surface area contributed by atoms with Gasteiger partial charge in [0.2, 0.25) is 0 Å². The van der Waals surface area contributed by atoms with Crippen LogP contribution in [0.15, 0.2) is 36.7 Å². The van der Waals surface area contributed by atoms with Crippen molar-refractivity contribution in [2.24, 2.45) is 0 Å². The fourth-order valence-electron chi connectivity index (χ4n) is 1.67. The van der Waals surface area contributed by atoms with Crippen molar-refractivity contribution >= 4 is 11.8 Å². The quantitative estimate of drug-likeness (QED) is 0.783. The fourth-order valence-corrected chi connectivity index (χ4v) is 1.67. The fraction of sp³-hybridized carbons (Fsp3) is 0.214. The van der Waals surface area contributed by atoms with Crippen molar-refractivity contribution in [2.75, 3.05) is 18.5 Å². The predicted molar refractivity (Wildman–Crippen MR) is 74.2 cm³/mol. The molecule has 0 amide bonds. The van der Waals surface area contributed by atoms with E-state index in [1.54, 1.807) is 0 Å². The molecule has 20 heavy (non-hydrogen) atoms.